The van der Waals surface area contributed by atoms with E-state index in [4.69, 9.17) is 15.2 Å². The number of ether oxygens (including phenoxy) is 2. The molecule has 0 radical (unpaired) electrons. The Kier molecular flexibility index (Phi) is 8.67. The van der Waals surface area contributed by atoms with Gasteiger partial charge in [-0.2, -0.15) is 4.98 Å². The van der Waals surface area contributed by atoms with Gasteiger partial charge in [0.25, 0.3) is 5.56 Å². The zero-order valence-corrected chi connectivity index (χ0v) is 19.6. The van der Waals surface area contributed by atoms with E-state index >= 15 is 0 Å². The molecule has 0 saturated carbocycles. The maximum absolute atomic E-state index is 13.4. The molecule has 1 unspecified atom stereocenters. The second-order valence-corrected chi connectivity index (χ2v) is 9.89. The Morgan fingerprint density at radius 3 is 2.53 bits per heavy atom. The number of nitrogens with two attached hydrogens (primary N) is 1. The molecule has 2 heterocycles. The van der Waals surface area contributed by atoms with E-state index in [9.17, 15) is 18.9 Å². The summed E-state index contributed by atoms with van der Waals surface area (Å²) in [4.78, 5) is 46.1. The zero-order valence-electron chi connectivity index (χ0n) is 18.7. The largest absolute Gasteiger partial charge is 0.462 e. The Hall–Kier alpha value is -2.60. The van der Waals surface area contributed by atoms with Crippen LogP contribution in [0.4, 0.5) is 5.95 Å². The van der Waals surface area contributed by atoms with Crippen LogP contribution in [0, 0.1) is 0 Å². The third-order valence-corrected chi connectivity index (χ3v) is 6.52. The lowest BCUT2D eigenvalue weighted by Crippen LogP contribution is -2.42. The van der Waals surface area contributed by atoms with Crippen LogP contribution in [-0.4, -0.2) is 62.4 Å². The van der Waals surface area contributed by atoms with Gasteiger partial charge in [-0.1, -0.05) is 0 Å². The average Bonchev–Trinajstić information content (AvgIpc) is 3.07. The van der Waals surface area contributed by atoms with Gasteiger partial charge in [-0.15, -0.1) is 0 Å². The minimum absolute atomic E-state index is 0.0384. The van der Waals surface area contributed by atoms with Gasteiger partial charge in [0.15, 0.2) is 11.2 Å². The zero-order chi connectivity index (χ0) is 24.1. The van der Waals surface area contributed by atoms with Gasteiger partial charge in [0, 0.05) is 6.54 Å². The van der Waals surface area contributed by atoms with Crippen molar-refractivity contribution in [1.82, 2.24) is 29.7 Å². The standard InChI is InChI=1S/C18H30N7O6P/c1-10(2)31-17(28)12(4)24-32(29,23-11(3)13(5)26)9-30-7-6-25-8-20-14-15(25)21-18(19)22-16(14)27/h8,10-12H,6-7,9H2,1-5H3,(H2,23,24,29)(H3,19,21,22,27)/t11-,12+,32?/m0/s1. The predicted octanol–water partition coefficient (Wildman–Crippen LogP) is 0.366. The number of esters is 1. The predicted molar refractivity (Wildman–Crippen MR) is 118 cm³/mol. The molecule has 0 saturated heterocycles. The highest BCUT2D eigenvalue weighted by atomic mass is 31.2. The lowest BCUT2D eigenvalue weighted by molar-refractivity contribution is -0.149. The molecule has 0 aliphatic rings. The van der Waals surface area contributed by atoms with Crippen molar-refractivity contribution in [3.8, 4) is 0 Å². The molecule has 0 amide bonds. The molecule has 2 aromatic heterocycles. The summed E-state index contributed by atoms with van der Waals surface area (Å²) in [5, 5.41) is 5.46. The number of nitrogens with one attached hydrogen (secondary N) is 3. The number of Topliss-reactive ketones (excluding diaryl/α,β-unsaturated/α-hetero) is 1. The number of nitrogens with zero attached hydrogens (tertiary/aromatic N) is 3. The van der Waals surface area contributed by atoms with Gasteiger partial charge >= 0.3 is 5.97 Å². The third kappa shape index (κ3) is 6.95. The smallest absolute Gasteiger partial charge is 0.323 e. The number of ketones is 1. The number of anilines is 1. The number of carbonyl (C=O) groups excluding carboxylic acids is 2. The van der Waals surface area contributed by atoms with E-state index in [0.29, 0.717) is 5.65 Å². The summed E-state index contributed by atoms with van der Waals surface area (Å²) < 4.78 is 25.7. The van der Waals surface area contributed by atoms with Gasteiger partial charge < -0.3 is 19.8 Å². The fraction of sp³-hybridized carbons (Fsp3) is 0.611. The van der Waals surface area contributed by atoms with E-state index in [2.05, 4.69) is 25.1 Å². The maximum Gasteiger partial charge on any atom is 0.323 e. The van der Waals surface area contributed by atoms with Crippen LogP contribution in [-0.2, 0) is 30.2 Å². The van der Waals surface area contributed by atoms with E-state index in [1.165, 1.54) is 20.2 Å². The molecule has 0 aliphatic heterocycles. The van der Waals surface area contributed by atoms with Crippen molar-refractivity contribution in [1.29, 1.82) is 0 Å². The first-order valence-corrected chi connectivity index (χ1v) is 11.9. The lowest BCUT2D eigenvalue weighted by Gasteiger charge is -2.26. The number of hydrogen-bond acceptors (Lipinski definition) is 9. The summed E-state index contributed by atoms with van der Waals surface area (Å²) in [6.45, 7) is 8.21. The van der Waals surface area contributed by atoms with Crippen molar-refractivity contribution in [3.63, 3.8) is 0 Å². The highest BCUT2D eigenvalue weighted by Crippen LogP contribution is 2.37. The molecule has 0 aliphatic carbocycles. The van der Waals surface area contributed by atoms with Crippen LogP contribution in [0.3, 0.4) is 0 Å². The molecule has 0 fully saturated rings. The Bertz CT molecular complexity index is 1070. The van der Waals surface area contributed by atoms with Crippen molar-refractivity contribution in [2.45, 2.75) is 59.4 Å². The van der Waals surface area contributed by atoms with Crippen LogP contribution in [0.15, 0.2) is 11.1 Å². The molecule has 0 aromatic carbocycles. The first-order valence-electron chi connectivity index (χ1n) is 10.1. The summed E-state index contributed by atoms with van der Waals surface area (Å²) in [5.41, 5.74) is 5.56. The summed E-state index contributed by atoms with van der Waals surface area (Å²) in [6, 6.07) is -1.61. The third-order valence-electron chi connectivity index (χ3n) is 4.36. The van der Waals surface area contributed by atoms with Crippen LogP contribution in [0.1, 0.15) is 34.6 Å². The van der Waals surface area contributed by atoms with Crippen molar-refractivity contribution >= 4 is 36.3 Å². The van der Waals surface area contributed by atoms with Gasteiger partial charge in [-0.3, -0.25) is 23.9 Å². The van der Waals surface area contributed by atoms with Crippen molar-refractivity contribution in [2.75, 3.05) is 18.7 Å². The minimum Gasteiger partial charge on any atom is -0.462 e. The monoisotopic (exact) mass is 471 g/mol. The van der Waals surface area contributed by atoms with Crippen LogP contribution in [0.5, 0.6) is 0 Å². The van der Waals surface area contributed by atoms with E-state index in [0.717, 1.165) is 0 Å². The highest BCUT2D eigenvalue weighted by molar-refractivity contribution is 7.59. The number of aromatic nitrogens is 4. The summed E-state index contributed by atoms with van der Waals surface area (Å²) in [5.74, 6) is -0.831. The van der Waals surface area contributed by atoms with Crippen LogP contribution >= 0.6 is 7.44 Å². The normalized spacial score (nSPS) is 15.4. The van der Waals surface area contributed by atoms with Gasteiger partial charge in [0.1, 0.15) is 18.2 Å². The van der Waals surface area contributed by atoms with E-state index in [1.807, 2.05) is 0 Å². The van der Waals surface area contributed by atoms with Crippen LogP contribution in [0.25, 0.3) is 11.2 Å². The molecule has 0 spiro atoms. The number of fused-ring (bicyclic) bond motifs is 1. The number of imidazole rings is 1. The van der Waals surface area contributed by atoms with Crippen molar-refractivity contribution in [3.05, 3.63) is 16.7 Å². The number of H-pyrrole nitrogens is 1. The Morgan fingerprint density at radius 1 is 1.25 bits per heavy atom. The highest BCUT2D eigenvalue weighted by Gasteiger charge is 2.31. The Balaban J connectivity index is 2.05. The average molecular weight is 471 g/mol. The Labute approximate surface area is 184 Å². The maximum atomic E-state index is 13.4. The van der Waals surface area contributed by atoms with Gasteiger partial charge in [0.2, 0.25) is 13.4 Å². The van der Waals surface area contributed by atoms with Crippen LogP contribution < -0.4 is 21.5 Å². The second kappa shape index (κ2) is 10.8. The molecule has 2 aromatic rings. The molecular weight excluding hydrogens is 441 g/mol. The second-order valence-electron chi connectivity index (χ2n) is 7.64. The number of nitrogen functional groups attached to an aromatic ring is 1. The first-order chi connectivity index (χ1) is 14.9. The molecule has 5 N–H and O–H groups in total. The molecule has 178 valence electrons. The van der Waals surface area contributed by atoms with Crippen molar-refractivity contribution in [2.24, 2.45) is 0 Å². The van der Waals surface area contributed by atoms with E-state index in [1.54, 1.807) is 25.3 Å². The molecule has 32 heavy (non-hydrogen) atoms. The number of aromatic amines is 1. The number of hydrogen-bond donors (Lipinski definition) is 4. The summed E-state index contributed by atoms with van der Waals surface area (Å²) in [7, 11) is -3.51. The molecular formula is C18H30N7O6P. The number of rotatable bonds is 12. The molecule has 14 heteroatoms. The van der Waals surface area contributed by atoms with E-state index < -0.39 is 31.1 Å². The van der Waals surface area contributed by atoms with Gasteiger partial charge in [-0.05, 0) is 34.6 Å². The first kappa shape index (κ1) is 25.7. The number of carbonyl (C=O) groups is 2. The Morgan fingerprint density at radius 2 is 1.91 bits per heavy atom. The minimum atomic E-state index is -3.51. The molecule has 2 rings (SSSR count). The summed E-state index contributed by atoms with van der Waals surface area (Å²) >= 11 is 0. The van der Waals surface area contributed by atoms with Crippen LogP contribution in [0.2, 0.25) is 0 Å². The topological polar surface area (TPSA) is 183 Å². The molecule has 3 atom stereocenters. The molecule has 0 bridgehead atoms. The summed E-state index contributed by atoms with van der Waals surface area (Å²) in [6.07, 6.45) is 0.798. The fourth-order valence-electron chi connectivity index (χ4n) is 2.71. The lowest BCUT2D eigenvalue weighted by atomic mass is 10.3. The SMILES string of the molecule is CC(=O)[C@H](C)NP(=O)(COCCn1cnc2c(=O)[nH]c(N)nc21)N[C@H](C)C(=O)OC(C)C. The van der Waals surface area contributed by atoms with Crippen molar-refractivity contribution < 1.29 is 23.6 Å². The van der Waals surface area contributed by atoms with E-state index in [-0.39, 0.29) is 42.9 Å². The molecule has 13 nitrogen and oxygen atoms in total. The fourth-order valence-corrected chi connectivity index (χ4v) is 4.85. The van der Waals surface area contributed by atoms with Gasteiger partial charge in [0.05, 0.1) is 25.1 Å². The quantitative estimate of drug-likeness (QED) is 0.190. The van der Waals surface area contributed by atoms with Gasteiger partial charge in [-0.25, -0.2) is 15.2 Å².